The van der Waals surface area contributed by atoms with Crippen molar-refractivity contribution in [2.24, 2.45) is 11.7 Å². The van der Waals surface area contributed by atoms with Gasteiger partial charge in [-0.2, -0.15) is 0 Å². The average molecular weight is 189 g/mol. The largest absolute Gasteiger partial charge is 0.330 e. The van der Waals surface area contributed by atoms with Crippen molar-refractivity contribution in [1.29, 1.82) is 0 Å². The van der Waals surface area contributed by atoms with Crippen molar-refractivity contribution in [3.05, 3.63) is 34.9 Å². The first-order valence-corrected chi connectivity index (χ1v) is 5.49. The van der Waals surface area contributed by atoms with Crippen molar-refractivity contribution in [3.8, 4) is 0 Å². The van der Waals surface area contributed by atoms with Crippen molar-refractivity contribution < 1.29 is 0 Å². The molecule has 0 radical (unpaired) electrons. The Morgan fingerprint density at radius 3 is 2.50 bits per heavy atom. The smallest absolute Gasteiger partial charge is 0.000556 e. The summed E-state index contributed by atoms with van der Waals surface area (Å²) in [4.78, 5) is 0. The summed E-state index contributed by atoms with van der Waals surface area (Å²) in [6.07, 6.45) is 2.74. The molecule has 1 fully saturated rings. The van der Waals surface area contributed by atoms with Gasteiger partial charge >= 0.3 is 0 Å². The van der Waals surface area contributed by atoms with Crippen LogP contribution in [0.15, 0.2) is 18.2 Å². The maximum absolute atomic E-state index is 5.83. The summed E-state index contributed by atoms with van der Waals surface area (Å²) in [6, 6.07) is 6.78. The zero-order valence-electron chi connectivity index (χ0n) is 9.09. The minimum atomic E-state index is 0.606. The van der Waals surface area contributed by atoms with Crippen LogP contribution >= 0.6 is 0 Å². The summed E-state index contributed by atoms with van der Waals surface area (Å²) in [6.45, 7) is 5.14. The van der Waals surface area contributed by atoms with Crippen LogP contribution < -0.4 is 5.73 Å². The van der Waals surface area contributed by atoms with Crippen LogP contribution in [0.25, 0.3) is 0 Å². The fourth-order valence-corrected chi connectivity index (χ4v) is 2.09. The number of aryl methyl sites for hydroxylation is 2. The lowest BCUT2D eigenvalue weighted by molar-refractivity contribution is 0.615. The number of nitrogens with two attached hydrogens (primary N) is 1. The summed E-state index contributed by atoms with van der Waals surface area (Å²) in [5, 5.41) is 0. The summed E-state index contributed by atoms with van der Waals surface area (Å²) in [7, 11) is 0. The van der Waals surface area contributed by atoms with Crippen LogP contribution in [-0.2, 0) is 0 Å². The average Bonchev–Trinajstić information content (AvgIpc) is 2.96. The molecule has 1 aromatic carbocycles. The first-order chi connectivity index (χ1) is 6.72. The van der Waals surface area contributed by atoms with Gasteiger partial charge in [0.15, 0.2) is 0 Å². The quantitative estimate of drug-likeness (QED) is 0.777. The summed E-state index contributed by atoms with van der Waals surface area (Å²) >= 11 is 0. The molecule has 1 nitrogen and oxygen atoms in total. The Bertz CT molecular complexity index is 326. The summed E-state index contributed by atoms with van der Waals surface area (Å²) in [5.41, 5.74) is 10.0. The van der Waals surface area contributed by atoms with Gasteiger partial charge in [0.25, 0.3) is 0 Å². The molecule has 0 amide bonds. The highest BCUT2D eigenvalue weighted by Crippen LogP contribution is 2.42. The molecule has 1 heteroatoms. The second-order valence-corrected chi connectivity index (χ2v) is 4.52. The van der Waals surface area contributed by atoms with Gasteiger partial charge in [-0.1, -0.05) is 18.2 Å². The van der Waals surface area contributed by atoms with Crippen LogP contribution in [0.5, 0.6) is 0 Å². The molecular formula is C13H19N. The van der Waals surface area contributed by atoms with Gasteiger partial charge in [0, 0.05) is 0 Å². The van der Waals surface area contributed by atoms with Gasteiger partial charge in [-0.3, -0.25) is 0 Å². The molecule has 0 spiro atoms. The van der Waals surface area contributed by atoms with E-state index in [0.29, 0.717) is 5.92 Å². The molecule has 1 aliphatic rings. The van der Waals surface area contributed by atoms with Crippen LogP contribution in [0, 0.1) is 19.8 Å². The molecule has 76 valence electrons. The maximum atomic E-state index is 5.83. The van der Waals surface area contributed by atoms with Gasteiger partial charge in [-0.05, 0) is 61.8 Å². The molecule has 0 aliphatic heterocycles. The lowest BCUT2D eigenvalue weighted by Crippen LogP contribution is -2.14. The van der Waals surface area contributed by atoms with Gasteiger partial charge in [-0.25, -0.2) is 0 Å². The summed E-state index contributed by atoms with van der Waals surface area (Å²) < 4.78 is 0. The third-order valence-corrected chi connectivity index (χ3v) is 3.40. The van der Waals surface area contributed by atoms with E-state index >= 15 is 0 Å². The third kappa shape index (κ3) is 1.83. The predicted molar refractivity (Wildman–Crippen MR) is 60.4 cm³/mol. The lowest BCUT2D eigenvalue weighted by atomic mass is 9.92. The zero-order valence-corrected chi connectivity index (χ0v) is 9.09. The minimum absolute atomic E-state index is 0.606. The number of benzene rings is 1. The van der Waals surface area contributed by atoms with Crippen LogP contribution in [0.1, 0.15) is 35.4 Å². The van der Waals surface area contributed by atoms with E-state index in [1.54, 1.807) is 0 Å². The van der Waals surface area contributed by atoms with Crippen molar-refractivity contribution >= 4 is 0 Å². The first kappa shape index (κ1) is 9.72. The maximum Gasteiger partial charge on any atom is -0.000556 e. The molecule has 0 heterocycles. The molecule has 14 heavy (non-hydrogen) atoms. The molecule has 0 bridgehead atoms. The Kier molecular flexibility index (Phi) is 2.60. The fraction of sp³-hybridized carbons (Fsp3) is 0.538. The number of rotatable bonds is 3. The van der Waals surface area contributed by atoms with Gasteiger partial charge < -0.3 is 5.73 Å². The Morgan fingerprint density at radius 1 is 1.29 bits per heavy atom. The third-order valence-electron chi connectivity index (χ3n) is 3.40. The zero-order chi connectivity index (χ0) is 10.1. The molecule has 0 aromatic heterocycles. The Labute approximate surface area is 86.3 Å². The van der Waals surface area contributed by atoms with E-state index < -0.39 is 0 Å². The van der Waals surface area contributed by atoms with E-state index in [1.807, 2.05) is 0 Å². The molecule has 1 atom stereocenters. The Morgan fingerprint density at radius 2 is 2.00 bits per heavy atom. The summed E-state index contributed by atoms with van der Waals surface area (Å²) in [5.74, 6) is 1.47. The van der Waals surface area contributed by atoms with Crippen LogP contribution in [0.4, 0.5) is 0 Å². The topological polar surface area (TPSA) is 26.0 Å². The molecule has 1 unspecified atom stereocenters. The fourth-order valence-electron chi connectivity index (χ4n) is 2.09. The minimum Gasteiger partial charge on any atom is -0.330 e. The van der Waals surface area contributed by atoms with Crippen LogP contribution in [0.3, 0.4) is 0 Å². The molecule has 0 saturated heterocycles. The molecule has 2 rings (SSSR count). The van der Waals surface area contributed by atoms with E-state index in [2.05, 4.69) is 32.0 Å². The van der Waals surface area contributed by atoms with Gasteiger partial charge in [0.05, 0.1) is 0 Å². The SMILES string of the molecule is Cc1ccc(C(CN)C2CC2)cc1C. The molecule has 1 aliphatic carbocycles. The van der Waals surface area contributed by atoms with Gasteiger partial charge in [0.2, 0.25) is 0 Å². The normalized spacial score (nSPS) is 18.2. The highest BCUT2D eigenvalue weighted by Gasteiger charge is 2.31. The van der Waals surface area contributed by atoms with Gasteiger partial charge in [-0.15, -0.1) is 0 Å². The highest BCUT2D eigenvalue weighted by molar-refractivity contribution is 5.33. The predicted octanol–water partition coefficient (Wildman–Crippen LogP) is 2.76. The monoisotopic (exact) mass is 189 g/mol. The van der Waals surface area contributed by atoms with E-state index in [1.165, 1.54) is 29.5 Å². The standard InChI is InChI=1S/C13H19N/c1-9-3-4-12(7-10(9)2)13(8-14)11-5-6-11/h3-4,7,11,13H,5-6,8,14H2,1-2H3. The Balaban J connectivity index is 2.25. The number of hydrogen-bond donors (Lipinski definition) is 1. The van der Waals surface area contributed by atoms with E-state index in [4.69, 9.17) is 5.73 Å². The van der Waals surface area contributed by atoms with Crippen LogP contribution in [0.2, 0.25) is 0 Å². The van der Waals surface area contributed by atoms with Crippen molar-refractivity contribution in [1.82, 2.24) is 0 Å². The first-order valence-electron chi connectivity index (χ1n) is 5.49. The molecular weight excluding hydrogens is 170 g/mol. The van der Waals surface area contributed by atoms with Crippen molar-refractivity contribution in [2.45, 2.75) is 32.6 Å². The molecule has 1 saturated carbocycles. The van der Waals surface area contributed by atoms with Crippen molar-refractivity contribution in [3.63, 3.8) is 0 Å². The Hall–Kier alpha value is -0.820. The lowest BCUT2D eigenvalue weighted by Gasteiger charge is -2.15. The number of hydrogen-bond acceptors (Lipinski definition) is 1. The van der Waals surface area contributed by atoms with Gasteiger partial charge in [0.1, 0.15) is 0 Å². The van der Waals surface area contributed by atoms with E-state index in [-0.39, 0.29) is 0 Å². The van der Waals surface area contributed by atoms with Crippen molar-refractivity contribution in [2.75, 3.05) is 6.54 Å². The molecule has 2 N–H and O–H groups in total. The van der Waals surface area contributed by atoms with Crippen LogP contribution in [-0.4, -0.2) is 6.54 Å². The van der Waals surface area contributed by atoms with E-state index in [0.717, 1.165) is 12.5 Å². The highest BCUT2D eigenvalue weighted by atomic mass is 14.6. The molecule has 1 aromatic rings. The van der Waals surface area contributed by atoms with E-state index in [9.17, 15) is 0 Å². The second-order valence-electron chi connectivity index (χ2n) is 4.52. The second kappa shape index (κ2) is 3.74.